The maximum atomic E-state index is 12.8. The van der Waals surface area contributed by atoms with Crippen molar-refractivity contribution in [2.75, 3.05) is 7.11 Å². The molecule has 1 saturated heterocycles. The molecule has 5 fully saturated rings. The Morgan fingerprint density at radius 1 is 1.15 bits per heavy atom. The maximum absolute atomic E-state index is 12.8. The summed E-state index contributed by atoms with van der Waals surface area (Å²) in [6, 6.07) is 5.28. The molecule has 3 N–H and O–H groups in total. The van der Waals surface area contributed by atoms with Crippen LogP contribution in [0.4, 0.5) is 0 Å². The molecular formula is C28H39NO4. The van der Waals surface area contributed by atoms with Crippen LogP contribution in [-0.2, 0) is 11.8 Å². The third kappa shape index (κ3) is 1.86. The van der Waals surface area contributed by atoms with E-state index in [0.717, 1.165) is 43.6 Å². The molecule has 5 aliphatic carbocycles. The van der Waals surface area contributed by atoms with Crippen LogP contribution in [0, 0.1) is 22.7 Å². The molecule has 2 aliphatic heterocycles. The molecule has 4 bridgehead atoms. The lowest BCUT2D eigenvalue weighted by Crippen LogP contribution is -2.83. The molecule has 4 saturated carbocycles. The van der Waals surface area contributed by atoms with Gasteiger partial charge in [-0.05, 0) is 75.3 Å². The van der Waals surface area contributed by atoms with Gasteiger partial charge >= 0.3 is 0 Å². The van der Waals surface area contributed by atoms with Crippen molar-refractivity contribution in [2.24, 2.45) is 22.7 Å². The van der Waals surface area contributed by atoms with Gasteiger partial charge < -0.3 is 25.0 Å². The largest absolute Gasteiger partial charge is 0.493 e. The Morgan fingerprint density at radius 2 is 1.91 bits per heavy atom. The van der Waals surface area contributed by atoms with E-state index in [1.807, 2.05) is 6.92 Å². The first kappa shape index (κ1) is 21.0. The average molecular weight is 454 g/mol. The Hall–Kier alpha value is -1.30. The normalized spacial score (nSPS) is 49.9. The smallest absolute Gasteiger partial charge is 0.166 e. The zero-order valence-electron chi connectivity index (χ0n) is 20.9. The van der Waals surface area contributed by atoms with Crippen LogP contribution in [0.25, 0.3) is 0 Å². The van der Waals surface area contributed by atoms with Crippen molar-refractivity contribution >= 4 is 0 Å². The van der Waals surface area contributed by atoms with E-state index in [1.165, 1.54) is 11.1 Å². The summed E-state index contributed by atoms with van der Waals surface area (Å²) >= 11 is 0. The van der Waals surface area contributed by atoms with Crippen molar-refractivity contribution in [1.29, 1.82) is 0 Å². The van der Waals surface area contributed by atoms with Crippen LogP contribution < -0.4 is 14.8 Å². The van der Waals surface area contributed by atoms with Crippen molar-refractivity contribution in [3.05, 3.63) is 23.3 Å². The number of methoxy groups -OCH3 is 1. The molecule has 180 valence electrons. The summed E-state index contributed by atoms with van der Waals surface area (Å²) in [6.07, 6.45) is 5.73. The van der Waals surface area contributed by atoms with Crippen LogP contribution in [0.1, 0.15) is 77.8 Å². The summed E-state index contributed by atoms with van der Waals surface area (Å²) in [6.45, 7) is 10.4. The monoisotopic (exact) mass is 453 g/mol. The third-order valence-electron chi connectivity index (χ3n) is 12.1. The van der Waals surface area contributed by atoms with Crippen molar-refractivity contribution < 1.29 is 19.7 Å². The Kier molecular flexibility index (Phi) is 3.55. The van der Waals surface area contributed by atoms with E-state index < -0.39 is 16.8 Å². The fraction of sp³-hybridized carbons (Fsp3) is 0.786. The van der Waals surface area contributed by atoms with Crippen LogP contribution >= 0.6 is 0 Å². The fourth-order valence-electron chi connectivity index (χ4n) is 10.1. The fourth-order valence-corrected chi connectivity index (χ4v) is 10.1. The lowest BCUT2D eigenvalue weighted by Gasteiger charge is -2.72. The zero-order chi connectivity index (χ0) is 23.4. The van der Waals surface area contributed by atoms with Crippen molar-refractivity contribution in [1.82, 2.24) is 5.32 Å². The molecule has 0 amide bonds. The number of rotatable bonds is 2. The van der Waals surface area contributed by atoms with Gasteiger partial charge in [-0.15, -0.1) is 0 Å². The Morgan fingerprint density at radius 3 is 2.61 bits per heavy atom. The van der Waals surface area contributed by atoms with E-state index in [2.05, 4.69) is 45.1 Å². The highest BCUT2D eigenvalue weighted by atomic mass is 16.5. The number of aryl methyl sites for hydroxylation is 1. The second-order valence-electron chi connectivity index (χ2n) is 13.6. The summed E-state index contributed by atoms with van der Waals surface area (Å²) < 4.78 is 12.9. The highest BCUT2D eigenvalue weighted by Crippen LogP contribution is 2.82. The molecule has 33 heavy (non-hydrogen) atoms. The van der Waals surface area contributed by atoms with Gasteiger partial charge in [0.25, 0.3) is 0 Å². The van der Waals surface area contributed by atoms with Gasteiger partial charge in [0.1, 0.15) is 11.2 Å². The molecule has 0 aromatic heterocycles. The van der Waals surface area contributed by atoms with Gasteiger partial charge in [-0.2, -0.15) is 0 Å². The second kappa shape index (κ2) is 5.57. The first-order chi connectivity index (χ1) is 15.4. The molecule has 2 heterocycles. The summed E-state index contributed by atoms with van der Waals surface area (Å²) in [4.78, 5) is 0. The minimum absolute atomic E-state index is 0.0377. The molecule has 0 radical (unpaired) electrons. The molecule has 9 atom stereocenters. The van der Waals surface area contributed by atoms with E-state index in [9.17, 15) is 10.2 Å². The molecule has 7 aliphatic rings. The molecule has 1 aromatic carbocycles. The van der Waals surface area contributed by atoms with E-state index in [4.69, 9.17) is 9.47 Å². The maximum Gasteiger partial charge on any atom is 0.166 e. The lowest BCUT2D eigenvalue weighted by atomic mass is 9.34. The van der Waals surface area contributed by atoms with Gasteiger partial charge in [0.05, 0.1) is 12.7 Å². The SMILES string of the molecule is COc1ccc2c3c1O[C@@]1(C)C34CC3C(CC2)N[C@H]3[C@]42CC[C@@]1(O)[C@@H]([C@](C)(O)C(C)(C)C)C2. The number of hydrogen-bond donors (Lipinski definition) is 3. The molecule has 1 aromatic rings. The Balaban J connectivity index is 1.55. The Labute approximate surface area is 197 Å². The first-order valence-electron chi connectivity index (χ1n) is 13.0. The summed E-state index contributed by atoms with van der Waals surface area (Å²) in [7, 11) is 1.72. The van der Waals surface area contributed by atoms with Crippen LogP contribution in [0.2, 0.25) is 0 Å². The minimum Gasteiger partial charge on any atom is -0.493 e. The molecular weight excluding hydrogens is 414 g/mol. The Bertz CT molecular complexity index is 1080. The van der Waals surface area contributed by atoms with E-state index in [1.54, 1.807) is 7.11 Å². The van der Waals surface area contributed by atoms with Gasteiger partial charge in [-0.3, -0.25) is 0 Å². The summed E-state index contributed by atoms with van der Waals surface area (Å²) in [5, 5.41) is 28.9. The van der Waals surface area contributed by atoms with Gasteiger partial charge in [0.2, 0.25) is 0 Å². The predicted octanol–water partition coefficient (Wildman–Crippen LogP) is 3.72. The van der Waals surface area contributed by atoms with E-state index in [0.29, 0.717) is 24.4 Å². The molecule has 2 spiro atoms. The van der Waals surface area contributed by atoms with Crippen LogP contribution in [0.3, 0.4) is 0 Å². The van der Waals surface area contributed by atoms with Gasteiger partial charge in [0, 0.05) is 34.4 Å². The molecule has 8 rings (SSSR count). The predicted molar refractivity (Wildman–Crippen MR) is 126 cm³/mol. The van der Waals surface area contributed by atoms with Crippen LogP contribution in [0.15, 0.2) is 12.1 Å². The topological polar surface area (TPSA) is 71.0 Å². The quantitative estimate of drug-likeness (QED) is 0.637. The standard InChI is InChI=1S/C28H39NO4/c1-23(2,3)24(4,30)19-14-26-11-12-28(19,31)25(5)27(26)13-16-17(29-22(16)26)9-7-15-8-10-18(32-6)21(33-25)20(15)27/h8,10,16-17,19,22,29-31H,7,9,11-14H2,1-6H3/t16?,17?,19-,22-,24+,25+,26-,27?,28-/m1/s1. The van der Waals surface area contributed by atoms with Crippen molar-refractivity contribution in [2.45, 2.75) is 107 Å². The third-order valence-corrected chi connectivity index (χ3v) is 12.1. The zero-order valence-corrected chi connectivity index (χ0v) is 20.9. The number of nitrogens with one attached hydrogen (secondary N) is 1. The molecule has 3 unspecified atom stereocenters. The first-order valence-corrected chi connectivity index (χ1v) is 13.0. The highest BCUT2D eigenvalue weighted by Gasteiger charge is 2.88. The number of ether oxygens (including phenoxy) is 2. The van der Waals surface area contributed by atoms with Gasteiger partial charge in [-0.1, -0.05) is 26.8 Å². The number of aliphatic hydroxyl groups is 2. The number of benzene rings is 1. The van der Waals surface area contributed by atoms with Crippen LogP contribution in [-0.4, -0.2) is 46.2 Å². The molecule has 5 heteroatoms. The van der Waals surface area contributed by atoms with Crippen molar-refractivity contribution in [3.63, 3.8) is 0 Å². The molecule has 5 nitrogen and oxygen atoms in total. The highest BCUT2D eigenvalue weighted by molar-refractivity contribution is 5.65. The number of hydrogen-bond acceptors (Lipinski definition) is 5. The van der Waals surface area contributed by atoms with E-state index in [-0.39, 0.29) is 22.2 Å². The van der Waals surface area contributed by atoms with Gasteiger partial charge in [0.15, 0.2) is 11.5 Å². The average Bonchev–Trinajstić information content (AvgIpc) is 3.16. The second-order valence-corrected chi connectivity index (χ2v) is 13.6. The van der Waals surface area contributed by atoms with E-state index >= 15 is 0 Å². The van der Waals surface area contributed by atoms with Gasteiger partial charge in [-0.25, -0.2) is 0 Å². The number of fused-ring (bicyclic) bond motifs is 2. The van der Waals surface area contributed by atoms with Crippen molar-refractivity contribution in [3.8, 4) is 11.5 Å². The van der Waals surface area contributed by atoms with Crippen LogP contribution in [0.5, 0.6) is 11.5 Å². The lowest BCUT2D eigenvalue weighted by molar-refractivity contribution is -0.315. The minimum atomic E-state index is -1.12. The summed E-state index contributed by atoms with van der Waals surface area (Å²) in [5.41, 5.74) is -0.914. The summed E-state index contributed by atoms with van der Waals surface area (Å²) in [5.74, 6) is 1.98.